The van der Waals surface area contributed by atoms with Crippen molar-refractivity contribution < 1.29 is 13.9 Å². The van der Waals surface area contributed by atoms with Crippen LogP contribution in [-0.4, -0.2) is 27.4 Å². The van der Waals surface area contributed by atoms with Gasteiger partial charge in [-0.05, 0) is 55.0 Å². The van der Waals surface area contributed by atoms with Gasteiger partial charge in [0.25, 0.3) is 5.91 Å². The van der Waals surface area contributed by atoms with E-state index in [1.165, 1.54) is 12.3 Å². The van der Waals surface area contributed by atoms with Crippen molar-refractivity contribution in [2.75, 3.05) is 12.4 Å². The molecule has 0 atom stereocenters. The fourth-order valence-electron chi connectivity index (χ4n) is 3.17. The van der Waals surface area contributed by atoms with Crippen molar-refractivity contribution in [2.24, 2.45) is 0 Å². The fraction of sp³-hybridized carbons (Fsp3) is 0.125. The molecule has 0 bridgehead atoms. The number of nitrogens with zero attached hydrogens (tertiary/aromatic N) is 3. The number of nitrogens with one attached hydrogen (secondary N) is 1. The number of amides is 1. The number of fused-ring (bicyclic) bond motifs is 1. The minimum absolute atomic E-state index is 0.204. The first-order valence-corrected chi connectivity index (χ1v) is 9.71. The molecule has 0 radical (unpaired) electrons. The summed E-state index contributed by atoms with van der Waals surface area (Å²) < 4.78 is 20.0. The zero-order valence-electron chi connectivity index (χ0n) is 17.2. The van der Waals surface area contributed by atoms with Crippen molar-refractivity contribution in [1.29, 1.82) is 0 Å². The highest BCUT2D eigenvalue weighted by Gasteiger charge is 2.10. The monoisotopic (exact) mass is 416 g/mol. The van der Waals surface area contributed by atoms with Crippen LogP contribution in [0.25, 0.3) is 17.8 Å². The third kappa shape index (κ3) is 4.67. The summed E-state index contributed by atoms with van der Waals surface area (Å²) in [4.78, 5) is 21.2. The summed E-state index contributed by atoms with van der Waals surface area (Å²) in [6, 6.07) is 13.8. The average molecular weight is 416 g/mol. The van der Waals surface area contributed by atoms with E-state index < -0.39 is 0 Å². The summed E-state index contributed by atoms with van der Waals surface area (Å²) in [5.41, 5.74) is 5.42. The zero-order valence-corrected chi connectivity index (χ0v) is 17.2. The number of carbonyl (C=O) groups is 1. The molecule has 4 rings (SSSR count). The number of pyridine rings is 2. The van der Waals surface area contributed by atoms with E-state index in [9.17, 15) is 9.18 Å². The van der Waals surface area contributed by atoms with Crippen LogP contribution in [-0.2, 0) is 11.3 Å². The molecule has 31 heavy (non-hydrogen) atoms. The van der Waals surface area contributed by atoms with E-state index in [4.69, 9.17) is 4.74 Å². The molecule has 0 aliphatic rings. The van der Waals surface area contributed by atoms with Gasteiger partial charge in [-0.2, -0.15) is 0 Å². The summed E-state index contributed by atoms with van der Waals surface area (Å²) in [5, 5.41) is 2.92. The lowest BCUT2D eigenvalue weighted by atomic mass is 10.1. The molecule has 0 aliphatic heterocycles. The van der Waals surface area contributed by atoms with Gasteiger partial charge in [0, 0.05) is 24.6 Å². The second-order valence-corrected chi connectivity index (χ2v) is 7.03. The van der Waals surface area contributed by atoms with Crippen LogP contribution in [0.15, 0.2) is 60.9 Å². The summed E-state index contributed by atoms with van der Waals surface area (Å²) in [6.45, 7) is 2.40. The van der Waals surface area contributed by atoms with Crippen LogP contribution >= 0.6 is 0 Å². The van der Waals surface area contributed by atoms with Crippen molar-refractivity contribution in [3.63, 3.8) is 0 Å². The smallest absolute Gasteiger partial charge is 0.255 e. The van der Waals surface area contributed by atoms with Gasteiger partial charge in [-0.25, -0.2) is 9.37 Å². The molecule has 1 aromatic carbocycles. The molecule has 0 unspecified atom stereocenters. The number of hydrogen-bond donors (Lipinski definition) is 1. The maximum Gasteiger partial charge on any atom is 0.255 e. The standard InChI is InChI=1S/C24H21FN4O2/c1-16-22(15-31-2)28-23-12-11-21(14-29(16)23)27-24(30)18-6-3-17(4-7-18)5-9-20-10-8-19(25)13-26-20/h3-14H,15H2,1-2H3,(H,27,30)/b9-5+. The number of imidazole rings is 1. The molecule has 7 heteroatoms. The van der Waals surface area contributed by atoms with Crippen LogP contribution in [0.2, 0.25) is 0 Å². The molecule has 0 fully saturated rings. The third-order valence-corrected chi connectivity index (χ3v) is 4.86. The number of rotatable bonds is 6. The van der Waals surface area contributed by atoms with Gasteiger partial charge in [0.2, 0.25) is 0 Å². The molecule has 0 aliphatic carbocycles. The maximum absolute atomic E-state index is 12.9. The van der Waals surface area contributed by atoms with Crippen molar-refractivity contribution >= 4 is 29.4 Å². The number of aryl methyl sites for hydroxylation is 1. The van der Waals surface area contributed by atoms with E-state index in [1.54, 1.807) is 31.4 Å². The highest BCUT2D eigenvalue weighted by atomic mass is 19.1. The molecule has 1 amide bonds. The Labute approximate surface area is 179 Å². The molecule has 0 saturated heterocycles. The van der Waals surface area contributed by atoms with Gasteiger partial charge in [-0.3, -0.25) is 9.78 Å². The Bertz CT molecular complexity index is 1250. The van der Waals surface area contributed by atoms with Crippen LogP contribution in [0.5, 0.6) is 0 Å². The van der Waals surface area contributed by atoms with E-state index >= 15 is 0 Å². The van der Waals surface area contributed by atoms with Gasteiger partial charge in [0.1, 0.15) is 11.5 Å². The zero-order chi connectivity index (χ0) is 21.8. The predicted octanol–water partition coefficient (Wildman–Crippen LogP) is 4.75. The third-order valence-electron chi connectivity index (χ3n) is 4.86. The van der Waals surface area contributed by atoms with E-state index in [-0.39, 0.29) is 11.7 Å². The highest BCUT2D eigenvalue weighted by Crippen LogP contribution is 2.18. The Balaban J connectivity index is 1.46. The highest BCUT2D eigenvalue weighted by molar-refractivity contribution is 6.04. The molecule has 3 aromatic heterocycles. The molecule has 6 nitrogen and oxygen atoms in total. The topological polar surface area (TPSA) is 68.5 Å². The first-order chi connectivity index (χ1) is 15.0. The van der Waals surface area contributed by atoms with E-state index in [2.05, 4.69) is 15.3 Å². The summed E-state index contributed by atoms with van der Waals surface area (Å²) in [5.74, 6) is -0.574. The van der Waals surface area contributed by atoms with Crippen molar-refractivity contribution in [3.05, 3.63) is 95.0 Å². The second-order valence-electron chi connectivity index (χ2n) is 7.03. The number of halogens is 1. The normalized spacial score (nSPS) is 11.3. The molecule has 156 valence electrons. The Morgan fingerprint density at radius 2 is 1.94 bits per heavy atom. The average Bonchev–Trinajstić information content (AvgIpc) is 3.09. The van der Waals surface area contributed by atoms with Gasteiger partial charge in [0.05, 0.1) is 29.9 Å². The maximum atomic E-state index is 12.9. The second kappa shape index (κ2) is 8.89. The van der Waals surface area contributed by atoms with Crippen LogP contribution < -0.4 is 5.32 Å². The van der Waals surface area contributed by atoms with Crippen LogP contribution in [0.1, 0.15) is 33.0 Å². The van der Waals surface area contributed by atoms with Crippen LogP contribution in [0, 0.1) is 12.7 Å². The number of anilines is 1. The number of methoxy groups -OCH3 is 1. The van der Waals surface area contributed by atoms with E-state index in [1.807, 2.05) is 47.9 Å². The van der Waals surface area contributed by atoms with Gasteiger partial charge in [-0.1, -0.05) is 18.2 Å². The Morgan fingerprint density at radius 3 is 2.65 bits per heavy atom. The van der Waals surface area contributed by atoms with Gasteiger partial charge in [0.15, 0.2) is 0 Å². The van der Waals surface area contributed by atoms with E-state index in [0.717, 1.165) is 22.6 Å². The summed E-state index contributed by atoms with van der Waals surface area (Å²) in [7, 11) is 1.63. The summed E-state index contributed by atoms with van der Waals surface area (Å²) >= 11 is 0. The predicted molar refractivity (Wildman–Crippen MR) is 118 cm³/mol. The Kier molecular flexibility index (Phi) is 5.86. The first-order valence-electron chi connectivity index (χ1n) is 9.71. The fourth-order valence-corrected chi connectivity index (χ4v) is 3.17. The van der Waals surface area contributed by atoms with E-state index in [0.29, 0.717) is 23.6 Å². The minimum atomic E-state index is -0.370. The number of carbonyl (C=O) groups excluding carboxylic acids is 1. The molecule has 1 N–H and O–H groups in total. The minimum Gasteiger partial charge on any atom is -0.378 e. The molecule has 4 aromatic rings. The lowest BCUT2D eigenvalue weighted by Gasteiger charge is -2.07. The van der Waals surface area contributed by atoms with Crippen molar-refractivity contribution in [3.8, 4) is 0 Å². The largest absolute Gasteiger partial charge is 0.378 e. The molecular weight excluding hydrogens is 395 g/mol. The number of aromatic nitrogens is 3. The first kappa shape index (κ1) is 20.4. The number of benzene rings is 1. The van der Waals surface area contributed by atoms with Crippen LogP contribution in [0.4, 0.5) is 10.1 Å². The Morgan fingerprint density at radius 1 is 1.13 bits per heavy atom. The van der Waals surface area contributed by atoms with Crippen molar-refractivity contribution in [2.45, 2.75) is 13.5 Å². The SMILES string of the molecule is COCc1nc2ccc(NC(=O)c3ccc(/C=C/c4ccc(F)cn4)cc3)cn2c1C. The molecule has 0 saturated carbocycles. The summed E-state index contributed by atoms with van der Waals surface area (Å²) in [6.07, 6.45) is 6.67. The quantitative estimate of drug-likeness (QED) is 0.493. The van der Waals surface area contributed by atoms with Gasteiger partial charge in [-0.15, -0.1) is 0 Å². The van der Waals surface area contributed by atoms with Crippen LogP contribution in [0.3, 0.4) is 0 Å². The number of hydrogen-bond acceptors (Lipinski definition) is 4. The number of ether oxygens (including phenoxy) is 1. The van der Waals surface area contributed by atoms with Crippen molar-refractivity contribution in [1.82, 2.24) is 14.4 Å². The van der Waals surface area contributed by atoms with Gasteiger partial charge >= 0.3 is 0 Å². The lowest BCUT2D eigenvalue weighted by molar-refractivity contribution is 0.102. The van der Waals surface area contributed by atoms with Gasteiger partial charge < -0.3 is 14.5 Å². The molecule has 3 heterocycles. The molecular formula is C24H21FN4O2. The molecule has 0 spiro atoms. The lowest BCUT2D eigenvalue weighted by Crippen LogP contribution is -2.12. The Hall–Kier alpha value is -3.84.